The Kier molecular flexibility index (Phi) is 4.86. The average molecular weight is 413 g/mol. The van der Waals surface area contributed by atoms with E-state index in [2.05, 4.69) is 19.1 Å². The molecule has 2 heterocycles. The lowest BCUT2D eigenvalue weighted by molar-refractivity contribution is -0.130. The Balaban J connectivity index is 1.56. The molecular weight excluding hydrogens is 390 g/mol. The molecule has 1 unspecified atom stereocenters. The lowest BCUT2D eigenvalue weighted by Gasteiger charge is -2.28. The van der Waals surface area contributed by atoms with Crippen molar-refractivity contribution >= 4 is 11.5 Å². The molecule has 2 aliphatic rings. The maximum absolute atomic E-state index is 13.2. The SMILES string of the molecule is CCc1ccc(C2C(c3ccccc3)=C(O)C(=O)N2Cc2ccc3c(c2)OCO3)cc1. The van der Waals surface area contributed by atoms with E-state index < -0.39 is 0 Å². The molecular formula is C26H23NO4. The van der Waals surface area contributed by atoms with E-state index in [-0.39, 0.29) is 24.5 Å². The van der Waals surface area contributed by atoms with Crippen LogP contribution in [0.25, 0.3) is 5.57 Å². The van der Waals surface area contributed by atoms with Crippen LogP contribution in [0.15, 0.2) is 78.6 Å². The number of aliphatic hydroxyl groups excluding tert-OH is 1. The van der Waals surface area contributed by atoms with E-state index in [1.807, 2.05) is 60.7 Å². The monoisotopic (exact) mass is 413 g/mol. The fraction of sp³-hybridized carbons (Fsp3) is 0.192. The molecule has 0 radical (unpaired) electrons. The molecule has 5 heteroatoms. The lowest BCUT2D eigenvalue weighted by atomic mass is 9.92. The molecule has 3 aromatic rings. The highest BCUT2D eigenvalue weighted by atomic mass is 16.7. The molecule has 0 saturated heterocycles. The van der Waals surface area contributed by atoms with Gasteiger partial charge in [-0.05, 0) is 40.8 Å². The number of aryl methyl sites for hydroxylation is 1. The van der Waals surface area contributed by atoms with Crippen molar-refractivity contribution < 1.29 is 19.4 Å². The number of fused-ring (bicyclic) bond motifs is 1. The summed E-state index contributed by atoms with van der Waals surface area (Å²) < 4.78 is 10.9. The van der Waals surface area contributed by atoms with Crippen molar-refractivity contribution in [1.29, 1.82) is 0 Å². The van der Waals surface area contributed by atoms with Gasteiger partial charge in [-0.2, -0.15) is 0 Å². The molecule has 1 atom stereocenters. The van der Waals surface area contributed by atoms with Crippen molar-refractivity contribution in [1.82, 2.24) is 4.90 Å². The van der Waals surface area contributed by atoms with Crippen LogP contribution in [0.3, 0.4) is 0 Å². The Bertz CT molecular complexity index is 1150. The predicted octanol–water partition coefficient (Wildman–Crippen LogP) is 5.03. The zero-order chi connectivity index (χ0) is 21.4. The second kappa shape index (κ2) is 7.84. The van der Waals surface area contributed by atoms with Gasteiger partial charge in [-0.25, -0.2) is 0 Å². The molecule has 0 fully saturated rings. The van der Waals surface area contributed by atoms with E-state index >= 15 is 0 Å². The third-order valence-electron chi connectivity index (χ3n) is 5.88. The maximum Gasteiger partial charge on any atom is 0.290 e. The van der Waals surface area contributed by atoms with Gasteiger partial charge in [-0.3, -0.25) is 4.79 Å². The molecule has 0 saturated carbocycles. The summed E-state index contributed by atoms with van der Waals surface area (Å²) in [4.78, 5) is 14.9. The number of carbonyl (C=O) groups is 1. The van der Waals surface area contributed by atoms with Crippen molar-refractivity contribution in [2.24, 2.45) is 0 Å². The minimum Gasteiger partial charge on any atom is -0.503 e. The summed E-state index contributed by atoms with van der Waals surface area (Å²) in [6.07, 6.45) is 0.942. The van der Waals surface area contributed by atoms with Gasteiger partial charge < -0.3 is 19.5 Å². The highest BCUT2D eigenvalue weighted by Gasteiger charge is 2.41. The van der Waals surface area contributed by atoms with Gasteiger partial charge in [0.15, 0.2) is 17.3 Å². The van der Waals surface area contributed by atoms with Gasteiger partial charge in [0.25, 0.3) is 5.91 Å². The Hall–Kier alpha value is -3.73. The molecule has 0 spiro atoms. The van der Waals surface area contributed by atoms with Crippen molar-refractivity contribution in [2.45, 2.75) is 25.9 Å². The summed E-state index contributed by atoms with van der Waals surface area (Å²) in [5.41, 5.74) is 4.58. The number of carbonyl (C=O) groups excluding carboxylic acids is 1. The Morgan fingerprint density at radius 1 is 0.935 bits per heavy atom. The van der Waals surface area contributed by atoms with Crippen molar-refractivity contribution in [3.05, 3.63) is 101 Å². The fourth-order valence-corrected chi connectivity index (χ4v) is 4.25. The summed E-state index contributed by atoms with van der Waals surface area (Å²) >= 11 is 0. The standard InChI is InChI=1S/C26H23NO4/c1-2-17-8-11-20(12-9-17)24-23(19-6-4-3-5-7-19)25(28)26(29)27(24)15-18-10-13-21-22(14-18)31-16-30-21/h3-14,24,28H,2,15-16H2,1H3. The maximum atomic E-state index is 13.2. The molecule has 156 valence electrons. The Labute approximate surface area is 181 Å². The fourth-order valence-electron chi connectivity index (χ4n) is 4.25. The molecule has 1 amide bonds. The van der Waals surface area contributed by atoms with Crippen LogP contribution in [0, 0.1) is 0 Å². The molecule has 0 aliphatic carbocycles. The van der Waals surface area contributed by atoms with E-state index in [0.717, 1.165) is 23.1 Å². The van der Waals surface area contributed by atoms with Gasteiger partial charge in [-0.15, -0.1) is 0 Å². The summed E-state index contributed by atoms with van der Waals surface area (Å²) in [5.74, 6) is 0.806. The molecule has 31 heavy (non-hydrogen) atoms. The molecule has 0 bridgehead atoms. The smallest absolute Gasteiger partial charge is 0.290 e. The normalized spacial score (nSPS) is 17.5. The first kappa shape index (κ1) is 19.2. The van der Waals surface area contributed by atoms with Crippen LogP contribution < -0.4 is 9.47 Å². The third-order valence-corrected chi connectivity index (χ3v) is 5.88. The second-order valence-corrected chi connectivity index (χ2v) is 7.75. The van der Waals surface area contributed by atoms with Gasteiger partial charge in [0, 0.05) is 12.1 Å². The van der Waals surface area contributed by atoms with Crippen LogP contribution in [0.2, 0.25) is 0 Å². The average Bonchev–Trinajstić information content (AvgIpc) is 3.38. The first-order valence-corrected chi connectivity index (χ1v) is 10.4. The summed E-state index contributed by atoms with van der Waals surface area (Å²) in [6.45, 7) is 2.66. The van der Waals surface area contributed by atoms with Crippen LogP contribution in [0.4, 0.5) is 0 Å². The van der Waals surface area contributed by atoms with Gasteiger partial charge >= 0.3 is 0 Å². The van der Waals surface area contributed by atoms with Crippen molar-refractivity contribution in [3.63, 3.8) is 0 Å². The molecule has 2 aliphatic heterocycles. The highest BCUT2D eigenvalue weighted by molar-refractivity contribution is 6.05. The highest BCUT2D eigenvalue weighted by Crippen LogP contribution is 2.44. The van der Waals surface area contributed by atoms with Crippen molar-refractivity contribution in [3.8, 4) is 11.5 Å². The summed E-state index contributed by atoms with van der Waals surface area (Å²) in [7, 11) is 0. The van der Waals surface area contributed by atoms with Crippen LogP contribution in [-0.2, 0) is 17.8 Å². The first-order valence-electron chi connectivity index (χ1n) is 10.4. The van der Waals surface area contributed by atoms with Gasteiger partial charge in [0.2, 0.25) is 6.79 Å². The number of hydrogen-bond donors (Lipinski definition) is 1. The summed E-state index contributed by atoms with van der Waals surface area (Å²) in [6, 6.07) is 23.2. The quantitative estimate of drug-likeness (QED) is 0.637. The van der Waals surface area contributed by atoms with Crippen LogP contribution in [-0.4, -0.2) is 22.7 Å². The van der Waals surface area contributed by atoms with Crippen LogP contribution >= 0.6 is 0 Å². The zero-order valence-corrected chi connectivity index (χ0v) is 17.2. The number of benzene rings is 3. The van der Waals surface area contributed by atoms with Gasteiger partial charge in [-0.1, -0.05) is 67.6 Å². The number of amides is 1. The number of nitrogens with zero attached hydrogens (tertiary/aromatic N) is 1. The molecule has 1 N–H and O–H groups in total. The number of hydrogen-bond acceptors (Lipinski definition) is 4. The first-order chi connectivity index (χ1) is 15.2. The van der Waals surface area contributed by atoms with E-state index in [9.17, 15) is 9.90 Å². The van der Waals surface area contributed by atoms with E-state index in [0.29, 0.717) is 23.6 Å². The Morgan fingerprint density at radius 3 is 2.39 bits per heavy atom. The Morgan fingerprint density at radius 2 is 1.65 bits per heavy atom. The van der Waals surface area contributed by atoms with Crippen molar-refractivity contribution in [2.75, 3.05) is 6.79 Å². The minimum absolute atomic E-state index is 0.198. The van der Waals surface area contributed by atoms with Gasteiger partial charge in [0.05, 0.1) is 6.04 Å². The molecule has 5 nitrogen and oxygen atoms in total. The van der Waals surface area contributed by atoms with E-state index in [1.54, 1.807) is 4.90 Å². The number of rotatable bonds is 5. The molecule has 5 rings (SSSR count). The minimum atomic E-state index is -0.383. The lowest BCUT2D eigenvalue weighted by Crippen LogP contribution is -2.29. The van der Waals surface area contributed by atoms with E-state index in [1.165, 1.54) is 5.56 Å². The zero-order valence-electron chi connectivity index (χ0n) is 17.2. The second-order valence-electron chi connectivity index (χ2n) is 7.75. The molecule has 3 aromatic carbocycles. The van der Waals surface area contributed by atoms with E-state index in [4.69, 9.17) is 9.47 Å². The topological polar surface area (TPSA) is 59.0 Å². The number of ether oxygens (including phenoxy) is 2. The number of aliphatic hydroxyl groups is 1. The summed E-state index contributed by atoms with van der Waals surface area (Å²) in [5, 5.41) is 10.9. The predicted molar refractivity (Wildman–Crippen MR) is 118 cm³/mol. The van der Waals surface area contributed by atoms with Crippen LogP contribution in [0.1, 0.15) is 35.2 Å². The largest absolute Gasteiger partial charge is 0.503 e. The third kappa shape index (κ3) is 3.42. The molecule has 0 aromatic heterocycles. The van der Waals surface area contributed by atoms with Crippen LogP contribution in [0.5, 0.6) is 11.5 Å². The van der Waals surface area contributed by atoms with Gasteiger partial charge in [0.1, 0.15) is 0 Å².